The largest absolute Gasteiger partial charge is 0.477 e. The van der Waals surface area contributed by atoms with E-state index in [0.29, 0.717) is 31.5 Å². The molecule has 1 saturated heterocycles. The van der Waals surface area contributed by atoms with Crippen LogP contribution >= 0.6 is 0 Å². The number of carbonyl (C=O) groups excluding carboxylic acids is 1. The Morgan fingerprint density at radius 2 is 2.00 bits per heavy atom. The van der Waals surface area contributed by atoms with Gasteiger partial charge in [-0.2, -0.15) is 0 Å². The summed E-state index contributed by atoms with van der Waals surface area (Å²) < 4.78 is 11.3. The van der Waals surface area contributed by atoms with E-state index in [1.807, 2.05) is 39.1 Å². The fourth-order valence-corrected chi connectivity index (χ4v) is 2.93. The maximum absolute atomic E-state index is 12.1. The highest BCUT2D eigenvalue weighted by Gasteiger charge is 2.27. The molecule has 1 aromatic heterocycles. The van der Waals surface area contributed by atoms with E-state index in [1.54, 1.807) is 4.90 Å². The summed E-state index contributed by atoms with van der Waals surface area (Å²) in [5.41, 5.74) is 1.74. The Hall–Kier alpha value is -2.04. The van der Waals surface area contributed by atoms with Crippen LogP contribution in [0.1, 0.15) is 58.9 Å². The van der Waals surface area contributed by atoms with Crippen LogP contribution < -0.4 is 4.74 Å². The molecular weight excluding hydrogens is 328 g/mol. The summed E-state index contributed by atoms with van der Waals surface area (Å²) in [5.74, 6) is 1.08. The minimum atomic E-state index is -0.447. The molecule has 26 heavy (non-hydrogen) atoms. The minimum Gasteiger partial charge on any atom is -0.477 e. The average molecular weight is 360 g/mol. The molecule has 2 heterocycles. The van der Waals surface area contributed by atoms with E-state index in [0.717, 1.165) is 36.8 Å². The third-order valence-corrected chi connectivity index (χ3v) is 4.43. The topological polar surface area (TPSA) is 51.7 Å². The van der Waals surface area contributed by atoms with Crippen LogP contribution in [0.15, 0.2) is 24.9 Å². The van der Waals surface area contributed by atoms with Crippen LogP contribution in [0.5, 0.6) is 5.88 Å². The molecule has 1 aliphatic heterocycles. The van der Waals surface area contributed by atoms with Crippen LogP contribution in [0.3, 0.4) is 0 Å². The van der Waals surface area contributed by atoms with E-state index in [9.17, 15) is 4.79 Å². The SMILES string of the molecule is C=C(CCC)c1ccc(OCC2CCN(C(=O)OC(C)(C)C)CC2)nc1. The molecule has 0 unspecified atom stereocenters. The molecule has 0 aromatic carbocycles. The van der Waals surface area contributed by atoms with Gasteiger partial charge in [0.1, 0.15) is 5.60 Å². The smallest absolute Gasteiger partial charge is 0.410 e. The van der Waals surface area contributed by atoms with Gasteiger partial charge in [-0.15, -0.1) is 0 Å². The fraction of sp³-hybridized carbons (Fsp3) is 0.619. The van der Waals surface area contributed by atoms with Gasteiger partial charge in [-0.25, -0.2) is 9.78 Å². The van der Waals surface area contributed by atoms with Gasteiger partial charge in [0, 0.05) is 25.4 Å². The Bertz CT molecular complexity index is 597. The zero-order valence-electron chi connectivity index (χ0n) is 16.6. The predicted octanol–water partition coefficient (Wildman–Crippen LogP) is 4.92. The number of likely N-dealkylation sites (tertiary alicyclic amines) is 1. The number of piperidine rings is 1. The van der Waals surface area contributed by atoms with Gasteiger partial charge in [-0.1, -0.05) is 19.9 Å². The molecular formula is C21H32N2O3. The third-order valence-electron chi connectivity index (χ3n) is 4.43. The van der Waals surface area contributed by atoms with Gasteiger partial charge in [0.05, 0.1) is 6.61 Å². The average Bonchev–Trinajstić information content (AvgIpc) is 2.59. The van der Waals surface area contributed by atoms with Crippen molar-refractivity contribution in [2.24, 2.45) is 5.92 Å². The molecule has 1 aromatic rings. The Morgan fingerprint density at radius 3 is 2.54 bits per heavy atom. The number of rotatable bonds is 6. The Kier molecular flexibility index (Phi) is 7.06. The molecule has 5 nitrogen and oxygen atoms in total. The van der Waals surface area contributed by atoms with Gasteiger partial charge in [-0.3, -0.25) is 0 Å². The highest BCUT2D eigenvalue weighted by molar-refractivity contribution is 5.68. The van der Waals surface area contributed by atoms with Crippen molar-refractivity contribution in [3.05, 3.63) is 30.5 Å². The molecule has 2 rings (SSSR count). The summed E-state index contributed by atoms with van der Waals surface area (Å²) in [6.45, 7) is 14.0. The lowest BCUT2D eigenvalue weighted by molar-refractivity contribution is 0.0164. The second kappa shape index (κ2) is 9.06. The zero-order valence-corrected chi connectivity index (χ0v) is 16.6. The number of carbonyl (C=O) groups is 1. The molecule has 144 valence electrons. The van der Waals surface area contributed by atoms with Crippen molar-refractivity contribution < 1.29 is 14.3 Å². The van der Waals surface area contributed by atoms with Crippen molar-refractivity contribution in [3.8, 4) is 5.88 Å². The first kappa shape index (κ1) is 20.3. The highest BCUT2D eigenvalue weighted by atomic mass is 16.6. The number of ether oxygens (including phenoxy) is 2. The maximum Gasteiger partial charge on any atom is 0.410 e. The van der Waals surface area contributed by atoms with Crippen LogP contribution in [0.4, 0.5) is 4.79 Å². The number of hydrogen-bond donors (Lipinski definition) is 0. The molecule has 0 spiro atoms. The van der Waals surface area contributed by atoms with Gasteiger partial charge in [0.25, 0.3) is 0 Å². The van der Waals surface area contributed by atoms with Gasteiger partial charge in [-0.05, 0) is 63.2 Å². The number of amides is 1. The molecule has 1 fully saturated rings. The molecule has 5 heteroatoms. The van der Waals surface area contributed by atoms with Gasteiger partial charge >= 0.3 is 6.09 Å². The van der Waals surface area contributed by atoms with Crippen LogP contribution in [-0.4, -0.2) is 41.3 Å². The van der Waals surface area contributed by atoms with E-state index in [4.69, 9.17) is 9.47 Å². The molecule has 0 bridgehead atoms. The second-order valence-corrected chi connectivity index (χ2v) is 7.96. The lowest BCUT2D eigenvalue weighted by atomic mass is 9.98. The lowest BCUT2D eigenvalue weighted by Gasteiger charge is -2.33. The van der Waals surface area contributed by atoms with Crippen LogP contribution in [0.25, 0.3) is 5.57 Å². The molecule has 1 amide bonds. The summed E-state index contributed by atoms with van der Waals surface area (Å²) in [4.78, 5) is 18.3. The Balaban J connectivity index is 1.74. The number of pyridine rings is 1. The summed E-state index contributed by atoms with van der Waals surface area (Å²) in [7, 11) is 0. The third kappa shape index (κ3) is 6.36. The van der Waals surface area contributed by atoms with Crippen LogP contribution in [0, 0.1) is 5.92 Å². The van der Waals surface area contributed by atoms with Gasteiger partial charge in [0.2, 0.25) is 5.88 Å². The molecule has 1 aliphatic rings. The van der Waals surface area contributed by atoms with Crippen molar-refractivity contribution in [2.45, 2.75) is 59.0 Å². The molecule has 0 radical (unpaired) electrons. The van der Waals surface area contributed by atoms with Crippen LogP contribution in [0.2, 0.25) is 0 Å². The van der Waals surface area contributed by atoms with Gasteiger partial charge < -0.3 is 14.4 Å². The second-order valence-electron chi connectivity index (χ2n) is 7.96. The molecule has 0 N–H and O–H groups in total. The predicted molar refractivity (Wildman–Crippen MR) is 104 cm³/mol. The van der Waals surface area contributed by atoms with E-state index in [1.165, 1.54) is 0 Å². The summed E-state index contributed by atoms with van der Waals surface area (Å²) in [6.07, 6.45) is 5.52. The number of allylic oxidation sites excluding steroid dienone is 1. The number of aromatic nitrogens is 1. The van der Waals surface area contributed by atoms with E-state index < -0.39 is 5.60 Å². The van der Waals surface area contributed by atoms with Gasteiger partial charge in [0.15, 0.2) is 0 Å². The number of nitrogens with zero attached hydrogens (tertiary/aromatic N) is 2. The normalized spacial score (nSPS) is 15.6. The Labute approximate surface area is 157 Å². The first-order valence-electron chi connectivity index (χ1n) is 9.53. The minimum absolute atomic E-state index is 0.221. The molecule has 0 atom stereocenters. The quantitative estimate of drug-likeness (QED) is 0.722. The monoisotopic (exact) mass is 360 g/mol. The summed E-state index contributed by atoms with van der Waals surface area (Å²) in [5, 5.41) is 0. The zero-order chi connectivity index (χ0) is 19.2. The number of hydrogen-bond acceptors (Lipinski definition) is 4. The van der Waals surface area contributed by atoms with Crippen molar-refractivity contribution in [2.75, 3.05) is 19.7 Å². The highest BCUT2D eigenvalue weighted by Crippen LogP contribution is 2.22. The molecule has 0 saturated carbocycles. The first-order valence-corrected chi connectivity index (χ1v) is 9.53. The first-order chi connectivity index (χ1) is 12.3. The van der Waals surface area contributed by atoms with E-state index in [2.05, 4.69) is 18.5 Å². The lowest BCUT2D eigenvalue weighted by Crippen LogP contribution is -2.42. The van der Waals surface area contributed by atoms with Crippen molar-refractivity contribution in [1.82, 2.24) is 9.88 Å². The maximum atomic E-state index is 12.1. The van der Waals surface area contributed by atoms with Crippen molar-refractivity contribution in [1.29, 1.82) is 0 Å². The summed E-state index contributed by atoms with van der Waals surface area (Å²) >= 11 is 0. The van der Waals surface area contributed by atoms with Crippen LogP contribution in [-0.2, 0) is 4.74 Å². The van der Waals surface area contributed by atoms with E-state index in [-0.39, 0.29) is 6.09 Å². The molecule has 0 aliphatic carbocycles. The van der Waals surface area contributed by atoms with Crippen molar-refractivity contribution in [3.63, 3.8) is 0 Å². The van der Waals surface area contributed by atoms with Crippen molar-refractivity contribution >= 4 is 11.7 Å². The fourth-order valence-electron chi connectivity index (χ4n) is 2.93. The summed E-state index contributed by atoms with van der Waals surface area (Å²) in [6, 6.07) is 3.93. The Morgan fingerprint density at radius 1 is 1.31 bits per heavy atom. The van der Waals surface area contributed by atoms with E-state index >= 15 is 0 Å². The standard InChI is InChI=1S/C21H32N2O3/c1-6-7-16(2)18-8-9-19(22-14-18)25-15-17-10-12-23(13-11-17)20(24)26-21(3,4)5/h8-9,14,17H,2,6-7,10-13,15H2,1,3-5H3.